The minimum atomic E-state index is -0.402. The van der Waals surface area contributed by atoms with Crippen molar-refractivity contribution in [3.8, 4) is 11.1 Å². The lowest BCUT2D eigenvalue weighted by atomic mass is 10.1. The smallest absolute Gasteiger partial charge is 0.236 e. The molecule has 2 heterocycles. The Morgan fingerprint density at radius 3 is 2.74 bits per heavy atom. The molecule has 5 nitrogen and oxygen atoms in total. The fraction of sp³-hybridized carbons (Fsp3) is 0.235. The van der Waals surface area contributed by atoms with E-state index in [0.717, 1.165) is 40.0 Å². The van der Waals surface area contributed by atoms with Gasteiger partial charge in [0, 0.05) is 16.9 Å². The first-order chi connectivity index (χ1) is 11.2. The number of carbonyl (C=O) groups is 1. The molecule has 0 spiro atoms. The number of rotatable bonds is 5. The summed E-state index contributed by atoms with van der Waals surface area (Å²) >= 11 is 1.61. The summed E-state index contributed by atoms with van der Waals surface area (Å²) in [6, 6.07) is 10.1. The van der Waals surface area contributed by atoms with Crippen molar-refractivity contribution in [2.75, 3.05) is 11.9 Å². The number of nitrogens with one attached hydrogen (secondary N) is 1. The fourth-order valence-corrected chi connectivity index (χ4v) is 3.57. The minimum Gasteiger partial charge on any atom is -0.368 e. The van der Waals surface area contributed by atoms with Crippen molar-refractivity contribution in [3.05, 3.63) is 41.5 Å². The summed E-state index contributed by atoms with van der Waals surface area (Å²) in [7, 11) is 0. The van der Waals surface area contributed by atoms with Crippen LogP contribution in [-0.4, -0.2) is 22.4 Å². The first kappa shape index (κ1) is 14.1. The summed E-state index contributed by atoms with van der Waals surface area (Å²) in [5, 5.41) is 6.15. The van der Waals surface area contributed by atoms with Crippen molar-refractivity contribution < 1.29 is 4.79 Å². The van der Waals surface area contributed by atoms with Crippen LogP contribution in [0.5, 0.6) is 0 Å². The number of amides is 1. The maximum Gasteiger partial charge on any atom is 0.236 e. The molecule has 23 heavy (non-hydrogen) atoms. The van der Waals surface area contributed by atoms with Crippen molar-refractivity contribution in [2.45, 2.75) is 18.8 Å². The third-order valence-corrected chi connectivity index (χ3v) is 4.78. The molecule has 3 aromatic rings. The molecule has 0 aliphatic heterocycles. The number of nitrogens with two attached hydrogens (primary N) is 1. The van der Waals surface area contributed by atoms with Gasteiger partial charge in [-0.05, 0) is 18.4 Å². The highest BCUT2D eigenvalue weighted by molar-refractivity contribution is 7.17. The van der Waals surface area contributed by atoms with Crippen LogP contribution in [0.4, 0.5) is 5.82 Å². The van der Waals surface area contributed by atoms with E-state index in [1.807, 2.05) is 18.2 Å². The van der Waals surface area contributed by atoms with Crippen LogP contribution in [0.15, 0.2) is 35.7 Å². The summed E-state index contributed by atoms with van der Waals surface area (Å²) in [5.74, 6) is 1.62. The molecule has 2 aromatic heterocycles. The van der Waals surface area contributed by atoms with E-state index in [9.17, 15) is 4.79 Å². The molecule has 0 bridgehead atoms. The molecule has 0 unspecified atom stereocenters. The van der Waals surface area contributed by atoms with E-state index in [4.69, 9.17) is 10.7 Å². The molecular weight excluding hydrogens is 308 g/mol. The Hall–Kier alpha value is -2.47. The Morgan fingerprint density at radius 1 is 1.26 bits per heavy atom. The number of aromatic nitrogens is 2. The van der Waals surface area contributed by atoms with Gasteiger partial charge in [-0.15, -0.1) is 11.3 Å². The van der Waals surface area contributed by atoms with Gasteiger partial charge in [-0.1, -0.05) is 30.3 Å². The molecule has 0 atom stereocenters. The van der Waals surface area contributed by atoms with Gasteiger partial charge < -0.3 is 11.1 Å². The Bertz CT molecular complexity index is 871. The predicted molar refractivity (Wildman–Crippen MR) is 92.5 cm³/mol. The first-order valence-corrected chi connectivity index (χ1v) is 8.47. The van der Waals surface area contributed by atoms with Gasteiger partial charge in [0.2, 0.25) is 5.91 Å². The van der Waals surface area contributed by atoms with Gasteiger partial charge in [0.05, 0.1) is 11.9 Å². The van der Waals surface area contributed by atoms with E-state index >= 15 is 0 Å². The number of carbonyl (C=O) groups excluding carboxylic acids is 1. The van der Waals surface area contributed by atoms with Crippen LogP contribution >= 0.6 is 11.3 Å². The van der Waals surface area contributed by atoms with Gasteiger partial charge in [-0.25, -0.2) is 9.97 Å². The first-order valence-electron chi connectivity index (χ1n) is 7.59. The second-order valence-electron chi connectivity index (χ2n) is 5.72. The van der Waals surface area contributed by atoms with Gasteiger partial charge in [0.25, 0.3) is 0 Å². The van der Waals surface area contributed by atoms with Crippen LogP contribution in [0.2, 0.25) is 0 Å². The van der Waals surface area contributed by atoms with Gasteiger partial charge >= 0.3 is 0 Å². The van der Waals surface area contributed by atoms with E-state index in [-0.39, 0.29) is 6.54 Å². The average Bonchev–Trinajstić information content (AvgIpc) is 3.33. The number of anilines is 1. The third kappa shape index (κ3) is 2.77. The fourth-order valence-electron chi connectivity index (χ4n) is 2.61. The van der Waals surface area contributed by atoms with E-state index in [0.29, 0.717) is 11.7 Å². The van der Waals surface area contributed by atoms with E-state index in [1.54, 1.807) is 11.3 Å². The highest BCUT2D eigenvalue weighted by Gasteiger charge is 2.28. The Kier molecular flexibility index (Phi) is 3.46. The average molecular weight is 324 g/mol. The van der Waals surface area contributed by atoms with Crippen molar-refractivity contribution in [3.63, 3.8) is 0 Å². The largest absolute Gasteiger partial charge is 0.368 e. The van der Waals surface area contributed by atoms with Gasteiger partial charge in [0.1, 0.15) is 16.5 Å². The van der Waals surface area contributed by atoms with Gasteiger partial charge in [-0.2, -0.15) is 0 Å². The lowest BCUT2D eigenvalue weighted by Crippen LogP contribution is -2.22. The van der Waals surface area contributed by atoms with Crippen molar-refractivity contribution in [1.29, 1.82) is 0 Å². The zero-order chi connectivity index (χ0) is 15.8. The number of hydrogen-bond acceptors (Lipinski definition) is 5. The van der Waals surface area contributed by atoms with Crippen LogP contribution in [0.3, 0.4) is 0 Å². The van der Waals surface area contributed by atoms with E-state index in [2.05, 4.69) is 27.8 Å². The molecule has 1 saturated carbocycles. The topological polar surface area (TPSA) is 80.9 Å². The van der Waals surface area contributed by atoms with Crippen LogP contribution in [0, 0.1) is 0 Å². The number of fused-ring (bicyclic) bond motifs is 1. The molecule has 116 valence electrons. The van der Waals surface area contributed by atoms with Crippen LogP contribution in [0.1, 0.15) is 24.6 Å². The zero-order valence-corrected chi connectivity index (χ0v) is 13.3. The zero-order valence-electron chi connectivity index (χ0n) is 12.5. The number of thiophene rings is 1. The summed E-state index contributed by atoms with van der Waals surface area (Å²) in [5.41, 5.74) is 7.47. The molecular formula is C17H16N4OS. The molecule has 0 saturated heterocycles. The van der Waals surface area contributed by atoms with E-state index < -0.39 is 5.91 Å². The Balaban J connectivity index is 1.87. The summed E-state index contributed by atoms with van der Waals surface area (Å²) < 4.78 is 0. The molecule has 6 heteroatoms. The molecule has 1 aromatic carbocycles. The SMILES string of the molecule is NC(=O)CNc1nc(C2CC2)nc2scc(-c3ccccc3)c12. The molecule has 1 fully saturated rings. The summed E-state index contributed by atoms with van der Waals surface area (Å²) in [6.07, 6.45) is 2.27. The van der Waals surface area contributed by atoms with Gasteiger partial charge in [-0.3, -0.25) is 4.79 Å². The molecule has 1 aliphatic carbocycles. The molecule has 1 aliphatic rings. The second-order valence-corrected chi connectivity index (χ2v) is 6.58. The standard InChI is InChI=1S/C17H16N4OS/c18-13(22)8-19-16-14-12(10-4-2-1-3-5-10)9-23-17(14)21-15(20-16)11-6-7-11/h1-5,9,11H,6-8H2,(H2,18,22)(H,19,20,21). The number of hydrogen-bond donors (Lipinski definition) is 2. The summed E-state index contributed by atoms with van der Waals surface area (Å²) in [4.78, 5) is 21.5. The maximum atomic E-state index is 11.2. The number of primary amides is 1. The second kappa shape index (κ2) is 5.62. The highest BCUT2D eigenvalue weighted by atomic mass is 32.1. The molecule has 3 N–H and O–H groups in total. The number of nitrogens with zero attached hydrogens (tertiary/aromatic N) is 2. The quantitative estimate of drug-likeness (QED) is 0.755. The maximum absolute atomic E-state index is 11.2. The highest BCUT2D eigenvalue weighted by Crippen LogP contribution is 2.42. The predicted octanol–water partition coefficient (Wildman–Crippen LogP) is 3.13. The Morgan fingerprint density at radius 2 is 2.04 bits per heavy atom. The molecule has 1 amide bonds. The minimum absolute atomic E-state index is 0.0697. The van der Waals surface area contributed by atoms with Crippen molar-refractivity contribution in [1.82, 2.24) is 9.97 Å². The van der Waals surface area contributed by atoms with E-state index in [1.165, 1.54) is 0 Å². The lowest BCUT2D eigenvalue weighted by Gasteiger charge is -2.09. The monoisotopic (exact) mass is 324 g/mol. The van der Waals surface area contributed by atoms with Crippen LogP contribution < -0.4 is 11.1 Å². The Labute approximate surface area is 137 Å². The van der Waals surface area contributed by atoms with Crippen molar-refractivity contribution in [2.24, 2.45) is 5.73 Å². The third-order valence-electron chi connectivity index (χ3n) is 3.91. The molecule has 0 radical (unpaired) electrons. The molecule has 4 rings (SSSR count). The number of benzene rings is 1. The summed E-state index contributed by atoms with van der Waals surface area (Å²) in [6.45, 7) is 0.0697. The van der Waals surface area contributed by atoms with Crippen LogP contribution in [0.25, 0.3) is 21.3 Å². The normalized spacial score (nSPS) is 14.1. The van der Waals surface area contributed by atoms with Crippen LogP contribution in [-0.2, 0) is 4.79 Å². The van der Waals surface area contributed by atoms with Gasteiger partial charge in [0.15, 0.2) is 0 Å². The van der Waals surface area contributed by atoms with Crippen molar-refractivity contribution >= 4 is 33.3 Å². The lowest BCUT2D eigenvalue weighted by molar-refractivity contribution is -0.116.